The lowest BCUT2D eigenvalue weighted by Crippen LogP contribution is -2.40. The van der Waals surface area contributed by atoms with Gasteiger partial charge in [0, 0.05) is 25.9 Å². The minimum atomic E-state index is -0.217. The summed E-state index contributed by atoms with van der Waals surface area (Å²) in [4.78, 5) is 12.2. The van der Waals surface area contributed by atoms with Gasteiger partial charge in [0.15, 0.2) is 0 Å². The van der Waals surface area contributed by atoms with Gasteiger partial charge in [0.05, 0.1) is 11.6 Å². The fraction of sp³-hybridized carbons (Fsp3) is 0.733. The van der Waals surface area contributed by atoms with E-state index in [1.165, 1.54) is 0 Å². The third kappa shape index (κ3) is 3.44. The third-order valence-corrected chi connectivity index (χ3v) is 4.41. The van der Waals surface area contributed by atoms with Crippen molar-refractivity contribution < 1.29 is 9.53 Å². The highest BCUT2D eigenvalue weighted by Gasteiger charge is 2.30. The predicted molar refractivity (Wildman–Crippen MR) is 79.3 cm³/mol. The van der Waals surface area contributed by atoms with Crippen LogP contribution in [0.25, 0.3) is 0 Å². The van der Waals surface area contributed by atoms with Gasteiger partial charge in [0.25, 0.3) is 5.91 Å². The molecule has 6 heteroatoms. The van der Waals surface area contributed by atoms with E-state index in [0.717, 1.165) is 45.4 Å². The first-order valence-electron chi connectivity index (χ1n) is 7.84. The van der Waals surface area contributed by atoms with Gasteiger partial charge in [-0.1, -0.05) is 0 Å². The van der Waals surface area contributed by atoms with Crippen LogP contribution in [0.3, 0.4) is 0 Å². The van der Waals surface area contributed by atoms with Crippen molar-refractivity contribution in [1.82, 2.24) is 20.4 Å². The number of rotatable bonds is 4. The Bertz CT molecular complexity index is 488. The number of amides is 1. The minimum Gasteiger partial charge on any atom is -0.373 e. The molecule has 0 aromatic carbocycles. The molecule has 2 aliphatic rings. The number of hydrogen-bond acceptors (Lipinski definition) is 4. The van der Waals surface area contributed by atoms with Crippen LogP contribution in [0, 0.1) is 0 Å². The summed E-state index contributed by atoms with van der Waals surface area (Å²) in [7, 11) is 0. The number of ether oxygens (including phenoxy) is 1. The summed E-state index contributed by atoms with van der Waals surface area (Å²) in [5.41, 5.74) is 0.271. The van der Waals surface area contributed by atoms with Crippen molar-refractivity contribution in [2.75, 3.05) is 26.2 Å². The molecule has 2 fully saturated rings. The molecule has 0 radical (unpaired) electrons. The lowest BCUT2D eigenvalue weighted by molar-refractivity contribution is 0.0205. The number of hydrogen-bond donors (Lipinski definition) is 2. The van der Waals surface area contributed by atoms with Crippen molar-refractivity contribution in [2.24, 2.45) is 0 Å². The Morgan fingerprint density at radius 1 is 1.62 bits per heavy atom. The summed E-state index contributed by atoms with van der Waals surface area (Å²) in [6.45, 7) is 5.38. The molecule has 0 bridgehead atoms. The average Bonchev–Trinajstić information content (AvgIpc) is 3.16. The summed E-state index contributed by atoms with van der Waals surface area (Å²) < 4.78 is 7.59. The van der Waals surface area contributed by atoms with Crippen LogP contribution in [0.5, 0.6) is 0 Å². The Morgan fingerprint density at radius 2 is 2.52 bits per heavy atom. The molecule has 2 saturated heterocycles. The normalized spacial score (nSPS) is 29.5. The number of nitrogens with zero attached hydrogens (tertiary/aromatic N) is 2. The first kappa shape index (κ1) is 14.5. The van der Waals surface area contributed by atoms with E-state index in [-0.39, 0.29) is 11.5 Å². The highest BCUT2D eigenvalue weighted by molar-refractivity contribution is 5.92. The number of carbonyl (C=O) groups is 1. The van der Waals surface area contributed by atoms with Crippen molar-refractivity contribution in [3.8, 4) is 0 Å². The topological polar surface area (TPSA) is 68.2 Å². The van der Waals surface area contributed by atoms with Crippen LogP contribution < -0.4 is 10.6 Å². The van der Waals surface area contributed by atoms with Gasteiger partial charge in [-0.3, -0.25) is 9.48 Å². The highest BCUT2D eigenvalue weighted by Crippen LogP contribution is 2.24. The van der Waals surface area contributed by atoms with Crippen LogP contribution in [0.4, 0.5) is 0 Å². The molecule has 3 rings (SSSR count). The molecule has 6 nitrogen and oxygen atoms in total. The molecule has 2 atom stereocenters. The van der Waals surface area contributed by atoms with Crippen molar-refractivity contribution in [1.29, 1.82) is 0 Å². The SMILES string of the molecule is C[C@]1(CNC(=O)c2ccn([C@H]3CCCNC3)n2)CCCO1. The van der Waals surface area contributed by atoms with E-state index in [9.17, 15) is 4.79 Å². The van der Waals surface area contributed by atoms with Gasteiger partial charge in [-0.15, -0.1) is 0 Å². The van der Waals surface area contributed by atoms with E-state index in [0.29, 0.717) is 18.3 Å². The molecule has 0 aliphatic carbocycles. The van der Waals surface area contributed by atoms with E-state index in [2.05, 4.69) is 15.7 Å². The monoisotopic (exact) mass is 292 g/mol. The maximum Gasteiger partial charge on any atom is 0.271 e. The quantitative estimate of drug-likeness (QED) is 0.872. The second-order valence-electron chi connectivity index (χ2n) is 6.27. The largest absolute Gasteiger partial charge is 0.373 e. The molecule has 2 aliphatic heterocycles. The zero-order chi connectivity index (χ0) is 14.7. The van der Waals surface area contributed by atoms with Gasteiger partial charge in [0.2, 0.25) is 0 Å². The molecule has 0 unspecified atom stereocenters. The maximum atomic E-state index is 12.2. The Kier molecular flexibility index (Phi) is 4.26. The van der Waals surface area contributed by atoms with Gasteiger partial charge in [0.1, 0.15) is 5.69 Å². The summed E-state index contributed by atoms with van der Waals surface area (Å²) in [6.07, 6.45) is 6.23. The van der Waals surface area contributed by atoms with Gasteiger partial charge in [-0.05, 0) is 45.2 Å². The number of aromatic nitrogens is 2. The number of nitrogens with one attached hydrogen (secondary N) is 2. The summed E-state index contributed by atoms with van der Waals surface area (Å²) >= 11 is 0. The maximum absolute atomic E-state index is 12.2. The van der Waals surface area contributed by atoms with Crippen molar-refractivity contribution in [2.45, 2.75) is 44.2 Å². The third-order valence-electron chi connectivity index (χ3n) is 4.41. The van der Waals surface area contributed by atoms with Crippen LogP contribution in [0.15, 0.2) is 12.3 Å². The van der Waals surface area contributed by atoms with Gasteiger partial charge in [-0.2, -0.15) is 5.10 Å². The van der Waals surface area contributed by atoms with Crippen LogP contribution >= 0.6 is 0 Å². The number of carbonyl (C=O) groups excluding carboxylic acids is 1. The molecule has 1 aromatic heterocycles. The second-order valence-corrected chi connectivity index (χ2v) is 6.27. The van der Waals surface area contributed by atoms with E-state index >= 15 is 0 Å². The van der Waals surface area contributed by atoms with Crippen molar-refractivity contribution >= 4 is 5.91 Å². The van der Waals surface area contributed by atoms with Crippen molar-refractivity contribution in [3.63, 3.8) is 0 Å². The molecular weight excluding hydrogens is 268 g/mol. The van der Waals surface area contributed by atoms with Gasteiger partial charge in [-0.25, -0.2) is 0 Å². The lowest BCUT2D eigenvalue weighted by atomic mass is 10.0. The van der Waals surface area contributed by atoms with Crippen LogP contribution in [-0.2, 0) is 4.74 Å². The summed E-state index contributed by atoms with van der Waals surface area (Å²) in [5.74, 6) is -0.116. The molecule has 1 amide bonds. The molecule has 1 aromatic rings. The first-order chi connectivity index (χ1) is 10.2. The Labute approximate surface area is 125 Å². The summed E-state index contributed by atoms with van der Waals surface area (Å²) in [5, 5.41) is 10.7. The minimum absolute atomic E-state index is 0.116. The van der Waals surface area contributed by atoms with Crippen LogP contribution in [0.2, 0.25) is 0 Å². The highest BCUT2D eigenvalue weighted by atomic mass is 16.5. The second kappa shape index (κ2) is 6.15. The fourth-order valence-corrected chi connectivity index (χ4v) is 3.06. The standard InChI is InChI=1S/C15H24N4O2/c1-15(6-3-9-21-15)11-17-14(20)13-5-8-19(18-13)12-4-2-7-16-10-12/h5,8,12,16H,2-4,6-7,9-11H2,1H3,(H,17,20)/t12-,15+/m0/s1. The fourth-order valence-electron chi connectivity index (χ4n) is 3.06. The Hall–Kier alpha value is -1.40. The zero-order valence-electron chi connectivity index (χ0n) is 12.6. The van der Waals surface area contributed by atoms with Crippen LogP contribution in [-0.4, -0.2) is 47.5 Å². The first-order valence-corrected chi connectivity index (χ1v) is 7.84. The van der Waals surface area contributed by atoms with Gasteiger partial charge >= 0.3 is 0 Å². The van der Waals surface area contributed by atoms with E-state index in [4.69, 9.17) is 4.74 Å². The Balaban J connectivity index is 1.56. The number of piperidine rings is 1. The molecule has 21 heavy (non-hydrogen) atoms. The van der Waals surface area contributed by atoms with Crippen molar-refractivity contribution in [3.05, 3.63) is 18.0 Å². The lowest BCUT2D eigenvalue weighted by Gasteiger charge is -2.23. The molecule has 2 N–H and O–H groups in total. The van der Waals surface area contributed by atoms with Crippen LogP contribution in [0.1, 0.15) is 49.1 Å². The molecular formula is C15H24N4O2. The van der Waals surface area contributed by atoms with E-state index < -0.39 is 0 Å². The van der Waals surface area contributed by atoms with E-state index in [1.54, 1.807) is 6.07 Å². The summed E-state index contributed by atoms with van der Waals surface area (Å²) in [6, 6.07) is 2.15. The zero-order valence-corrected chi connectivity index (χ0v) is 12.6. The molecule has 0 spiro atoms. The molecule has 116 valence electrons. The molecule has 0 saturated carbocycles. The average molecular weight is 292 g/mol. The predicted octanol–water partition coefficient (Wildman–Crippen LogP) is 1.11. The van der Waals surface area contributed by atoms with E-state index in [1.807, 2.05) is 17.8 Å². The Morgan fingerprint density at radius 3 is 3.24 bits per heavy atom. The molecule has 3 heterocycles. The van der Waals surface area contributed by atoms with Gasteiger partial charge < -0.3 is 15.4 Å². The smallest absolute Gasteiger partial charge is 0.271 e.